The molecule has 0 saturated carbocycles. The molecular weight excluding hydrogens is 342 g/mol. The molecule has 1 unspecified atom stereocenters. The number of rotatable bonds is 1. The summed E-state index contributed by atoms with van der Waals surface area (Å²) in [6.07, 6.45) is 0.844. The first-order valence-electron chi connectivity index (χ1n) is 6.19. The molecule has 1 atom stereocenters. The van der Waals surface area contributed by atoms with Crippen molar-refractivity contribution in [3.63, 3.8) is 0 Å². The normalized spacial score (nSPS) is 19.9. The zero-order chi connectivity index (χ0) is 14.4. The van der Waals surface area contributed by atoms with Crippen LogP contribution >= 0.6 is 28.1 Å². The highest BCUT2D eigenvalue weighted by molar-refractivity contribution is 9.10. The maximum absolute atomic E-state index is 12.3. The van der Waals surface area contributed by atoms with E-state index in [9.17, 15) is 9.59 Å². The van der Waals surface area contributed by atoms with Crippen molar-refractivity contribution in [1.82, 2.24) is 14.5 Å². The van der Waals surface area contributed by atoms with Gasteiger partial charge in [-0.15, -0.1) is 0 Å². The summed E-state index contributed by atoms with van der Waals surface area (Å²) >= 11 is 8.74. The summed E-state index contributed by atoms with van der Waals surface area (Å²) < 4.78 is 3.25. The predicted octanol–water partition coefficient (Wildman–Crippen LogP) is 2.78. The van der Waals surface area contributed by atoms with E-state index in [1.165, 1.54) is 11.9 Å². The van der Waals surface area contributed by atoms with Gasteiger partial charge in [-0.05, 0) is 36.8 Å². The Bertz CT molecular complexity index is 780. The molecule has 1 aliphatic rings. The van der Waals surface area contributed by atoms with Crippen LogP contribution in [-0.2, 0) is 9.59 Å². The van der Waals surface area contributed by atoms with Crippen molar-refractivity contribution >= 4 is 51.0 Å². The van der Waals surface area contributed by atoms with E-state index in [0.29, 0.717) is 17.6 Å². The van der Waals surface area contributed by atoms with Gasteiger partial charge in [-0.25, -0.2) is 0 Å². The van der Waals surface area contributed by atoms with Crippen molar-refractivity contribution in [3.8, 4) is 0 Å². The van der Waals surface area contributed by atoms with E-state index in [1.807, 2.05) is 22.8 Å². The van der Waals surface area contributed by atoms with E-state index >= 15 is 0 Å². The number of carbonyl (C=O) groups is 2. The number of nitrogens with zero attached hydrogens (tertiary/aromatic N) is 2. The monoisotopic (exact) mass is 353 g/mol. The van der Waals surface area contributed by atoms with E-state index < -0.39 is 6.04 Å². The summed E-state index contributed by atoms with van der Waals surface area (Å²) in [4.78, 5) is 28.2. The second-order valence-electron chi connectivity index (χ2n) is 4.81. The maximum atomic E-state index is 12.3. The molecule has 2 aromatic rings. The smallest absolute Gasteiger partial charge is 0.252 e. The second-order valence-corrected chi connectivity index (χ2v) is 6.11. The summed E-state index contributed by atoms with van der Waals surface area (Å²) in [6, 6.07) is 5.32. The zero-order valence-electron chi connectivity index (χ0n) is 10.7. The third kappa shape index (κ3) is 2.01. The van der Waals surface area contributed by atoms with Gasteiger partial charge in [-0.2, -0.15) is 0 Å². The van der Waals surface area contributed by atoms with Crippen LogP contribution in [0.15, 0.2) is 22.7 Å². The number of fused-ring (bicyclic) bond motifs is 1. The van der Waals surface area contributed by atoms with Crippen LogP contribution < -0.4 is 0 Å². The van der Waals surface area contributed by atoms with Gasteiger partial charge in [-0.1, -0.05) is 15.9 Å². The molecule has 1 fully saturated rings. The number of hydrogen-bond acceptors (Lipinski definition) is 3. The highest BCUT2D eigenvalue weighted by atomic mass is 79.9. The van der Waals surface area contributed by atoms with Gasteiger partial charge in [0.25, 0.3) is 5.91 Å². The molecule has 7 heteroatoms. The molecule has 2 heterocycles. The lowest BCUT2D eigenvalue weighted by atomic mass is 10.0. The molecule has 1 N–H and O–H groups in total. The fourth-order valence-electron chi connectivity index (χ4n) is 2.55. The van der Waals surface area contributed by atoms with Crippen LogP contribution in [0.1, 0.15) is 18.9 Å². The van der Waals surface area contributed by atoms with Crippen LogP contribution in [-0.4, -0.2) is 33.3 Å². The number of hydrogen-bond donors (Lipinski definition) is 1. The third-order valence-electron chi connectivity index (χ3n) is 3.61. The van der Waals surface area contributed by atoms with E-state index in [1.54, 1.807) is 0 Å². The van der Waals surface area contributed by atoms with Gasteiger partial charge in [0.15, 0.2) is 4.77 Å². The predicted molar refractivity (Wildman–Crippen MR) is 80.9 cm³/mol. The van der Waals surface area contributed by atoms with Gasteiger partial charge in [-0.3, -0.25) is 14.5 Å². The van der Waals surface area contributed by atoms with Gasteiger partial charge in [0, 0.05) is 17.9 Å². The third-order valence-corrected chi connectivity index (χ3v) is 4.40. The minimum atomic E-state index is -0.417. The molecule has 2 amide bonds. The fourth-order valence-corrected chi connectivity index (χ4v) is 3.25. The number of piperidine rings is 1. The molecule has 0 spiro atoms. The quantitative estimate of drug-likeness (QED) is 0.633. The number of likely N-dealkylation sites (N-methyl/N-ethyl adjacent to an activating group) is 1. The number of aromatic amines is 1. The average Bonchev–Trinajstić information content (AvgIpc) is 2.72. The molecule has 0 aliphatic carbocycles. The van der Waals surface area contributed by atoms with Crippen molar-refractivity contribution in [2.45, 2.75) is 18.9 Å². The Hall–Kier alpha value is -1.47. The van der Waals surface area contributed by atoms with Crippen molar-refractivity contribution in [2.24, 2.45) is 0 Å². The van der Waals surface area contributed by atoms with E-state index in [0.717, 1.165) is 15.5 Å². The number of nitrogens with one attached hydrogen (secondary N) is 1. The molecule has 0 radical (unpaired) electrons. The number of amides is 2. The Morgan fingerprint density at radius 1 is 1.40 bits per heavy atom. The maximum Gasteiger partial charge on any atom is 0.252 e. The molecule has 1 aromatic carbocycles. The minimum Gasteiger partial charge on any atom is -0.331 e. The fraction of sp³-hybridized carbons (Fsp3) is 0.308. The minimum absolute atomic E-state index is 0.139. The highest BCUT2D eigenvalue weighted by Crippen LogP contribution is 2.28. The van der Waals surface area contributed by atoms with Crippen LogP contribution in [0.2, 0.25) is 0 Å². The lowest BCUT2D eigenvalue weighted by molar-refractivity contribution is -0.149. The van der Waals surface area contributed by atoms with E-state index in [-0.39, 0.29) is 11.8 Å². The number of imidazole rings is 1. The Labute approximate surface area is 128 Å². The summed E-state index contributed by atoms with van der Waals surface area (Å²) in [5.74, 6) is -0.346. The van der Waals surface area contributed by atoms with Crippen LogP contribution in [0.25, 0.3) is 11.0 Å². The van der Waals surface area contributed by atoms with Crippen molar-refractivity contribution < 1.29 is 9.59 Å². The molecular formula is C13H12BrN3O2S. The summed E-state index contributed by atoms with van der Waals surface area (Å²) in [6.45, 7) is 0. The van der Waals surface area contributed by atoms with Crippen molar-refractivity contribution in [1.29, 1.82) is 0 Å². The van der Waals surface area contributed by atoms with Gasteiger partial charge in [0.1, 0.15) is 6.04 Å². The Kier molecular flexibility index (Phi) is 3.25. The first-order chi connectivity index (χ1) is 9.49. The lowest BCUT2D eigenvalue weighted by Gasteiger charge is -2.28. The van der Waals surface area contributed by atoms with Crippen LogP contribution in [0.5, 0.6) is 0 Å². The molecule has 5 nitrogen and oxygen atoms in total. The lowest BCUT2D eigenvalue weighted by Crippen LogP contribution is -2.43. The zero-order valence-corrected chi connectivity index (χ0v) is 13.1. The average molecular weight is 354 g/mol. The Morgan fingerprint density at radius 3 is 2.90 bits per heavy atom. The first kappa shape index (κ1) is 13.5. The molecule has 3 rings (SSSR count). The van der Waals surface area contributed by atoms with Crippen molar-refractivity contribution in [3.05, 3.63) is 27.4 Å². The molecule has 1 aromatic heterocycles. The van der Waals surface area contributed by atoms with E-state index in [2.05, 4.69) is 20.9 Å². The summed E-state index contributed by atoms with van der Waals surface area (Å²) in [5.41, 5.74) is 1.75. The summed E-state index contributed by atoms with van der Waals surface area (Å²) in [7, 11) is 1.52. The molecule has 1 aliphatic heterocycles. The second kappa shape index (κ2) is 4.82. The van der Waals surface area contributed by atoms with Crippen LogP contribution in [0.3, 0.4) is 0 Å². The topological polar surface area (TPSA) is 58.1 Å². The van der Waals surface area contributed by atoms with Gasteiger partial charge < -0.3 is 9.55 Å². The number of aromatic nitrogens is 2. The van der Waals surface area contributed by atoms with Crippen LogP contribution in [0.4, 0.5) is 0 Å². The number of imide groups is 1. The first-order valence-corrected chi connectivity index (χ1v) is 7.39. The standard InChI is InChI=1S/C13H12BrN3O2S/c1-16-11(18)5-4-10(12(16)19)17-9-3-2-7(14)6-8(9)15-13(17)20/h2-3,6,10H,4-5H2,1H3,(H,15,20). The van der Waals surface area contributed by atoms with Gasteiger partial charge in [0.2, 0.25) is 5.91 Å². The number of H-pyrrole nitrogens is 1. The number of carbonyl (C=O) groups excluding carboxylic acids is 2. The van der Waals surface area contributed by atoms with Crippen LogP contribution in [0, 0.1) is 4.77 Å². The largest absolute Gasteiger partial charge is 0.331 e. The van der Waals surface area contributed by atoms with Gasteiger partial charge in [0.05, 0.1) is 11.0 Å². The van der Waals surface area contributed by atoms with E-state index in [4.69, 9.17) is 12.2 Å². The molecule has 1 saturated heterocycles. The van der Waals surface area contributed by atoms with Crippen molar-refractivity contribution in [2.75, 3.05) is 7.05 Å². The number of halogens is 1. The number of benzene rings is 1. The molecule has 0 bridgehead atoms. The van der Waals surface area contributed by atoms with Gasteiger partial charge >= 0.3 is 0 Å². The Morgan fingerprint density at radius 2 is 2.15 bits per heavy atom. The number of likely N-dealkylation sites (tertiary alicyclic amines) is 1. The SMILES string of the molecule is CN1C(=O)CCC(n2c(=S)[nH]c3cc(Br)ccc32)C1=O. The molecule has 104 valence electrons. The molecule has 20 heavy (non-hydrogen) atoms. The summed E-state index contributed by atoms with van der Waals surface area (Å²) in [5, 5.41) is 0. The highest BCUT2D eigenvalue weighted by Gasteiger charge is 2.34. The Balaban J connectivity index is 2.15.